The zero-order chi connectivity index (χ0) is 15.1. The molecule has 20 heavy (non-hydrogen) atoms. The first-order valence-corrected chi connectivity index (χ1v) is 7.18. The van der Waals surface area contributed by atoms with Gasteiger partial charge >= 0.3 is 12.0 Å². The summed E-state index contributed by atoms with van der Waals surface area (Å²) in [6.07, 6.45) is 2.88. The van der Waals surface area contributed by atoms with Crippen LogP contribution in [0.4, 0.5) is 4.79 Å². The Morgan fingerprint density at radius 1 is 1.45 bits per heavy atom. The van der Waals surface area contributed by atoms with Crippen LogP contribution in [0.5, 0.6) is 0 Å². The van der Waals surface area contributed by atoms with Gasteiger partial charge in [-0.2, -0.15) is 11.8 Å². The minimum Gasteiger partial charge on any atom is -0.481 e. The predicted octanol–water partition coefficient (Wildman–Crippen LogP) is 0.449. The number of carbonyl (C=O) groups excluding carboxylic acids is 1. The molecule has 9 nitrogen and oxygen atoms in total. The average Bonchev–Trinajstić information content (AvgIpc) is 2.83. The maximum atomic E-state index is 11.1. The van der Waals surface area contributed by atoms with Crippen LogP contribution in [0.2, 0.25) is 0 Å². The standard InChI is InChI=1S/C10H16N2O3S.HNO3/c13-8(14)4-2-1-3-7-9-6(5-16-7)11-10(15)12-9;2-1(3)4/h6-7,9H,1-5H2,(H,13,14)(H2,11,12,15);(H,2,3,4)/t6-,7-,9-;/m0./s1. The van der Waals surface area contributed by atoms with Gasteiger partial charge in [-0.3, -0.25) is 4.79 Å². The Balaban J connectivity index is 0.000000444. The number of nitrogens with one attached hydrogen (secondary N) is 2. The highest BCUT2D eigenvalue weighted by atomic mass is 32.2. The van der Waals surface area contributed by atoms with Crippen molar-refractivity contribution >= 4 is 23.8 Å². The highest BCUT2D eigenvalue weighted by Crippen LogP contribution is 2.33. The van der Waals surface area contributed by atoms with Crippen molar-refractivity contribution in [2.24, 2.45) is 0 Å². The van der Waals surface area contributed by atoms with Gasteiger partial charge in [0, 0.05) is 17.4 Å². The number of nitrogens with zero attached hydrogens (tertiary/aromatic N) is 1. The molecule has 0 unspecified atom stereocenters. The summed E-state index contributed by atoms with van der Waals surface area (Å²) in [4.78, 5) is 29.8. The topological polar surface area (TPSA) is 142 Å². The Bertz CT molecular complexity index is 376. The fourth-order valence-electron chi connectivity index (χ4n) is 2.26. The number of urea groups is 1. The maximum Gasteiger partial charge on any atom is 0.315 e. The van der Waals surface area contributed by atoms with Crippen molar-refractivity contribution in [1.82, 2.24) is 10.6 Å². The summed E-state index contributed by atoms with van der Waals surface area (Å²) in [6.45, 7) is 0. The average molecular weight is 307 g/mol. The first kappa shape index (κ1) is 16.3. The number of carboxylic acids is 1. The Morgan fingerprint density at radius 3 is 2.70 bits per heavy atom. The first-order valence-electron chi connectivity index (χ1n) is 6.14. The number of rotatable bonds is 5. The van der Waals surface area contributed by atoms with Gasteiger partial charge in [0.1, 0.15) is 0 Å². The number of carboxylic acid groups (broad SMARTS) is 1. The van der Waals surface area contributed by atoms with Crippen molar-refractivity contribution in [3.63, 3.8) is 0 Å². The van der Waals surface area contributed by atoms with E-state index in [0.29, 0.717) is 5.25 Å². The number of amides is 2. The lowest BCUT2D eigenvalue weighted by molar-refractivity contribution is -0.742. The van der Waals surface area contributed by atoms with Gasteiger partial charge < -0.3 is 20.9 Å². The van der Waals surface area contributed by atoms with E-state index in [2.05, 4.69) is 10.6 Å². The van der Waals surface area contributed by atoms with E-state index in [4.69, 9.17) is 20.4 Å². The van der Waals surface area contributed by atoms with Gasteiger partial charge in [-0.1, -0.05) is 6.42 Å². The van der Waals surface area contributed by atoms with Gasteiger partial charge in [0.15, 0.2) is 0 Å². The van der Waals surface area contributed by atoms with E-state index in [9.17, 15) is 9.59 Å². The number of thioether (sulfide) groups is 1. The second kappa shape index (κ2) is 7.78. The van der Waals surface area contributed by atoms with Gasteiger partial charge in [-0.05, 0) is 12.8 Å². The van der Waals surface area contributed by atoms with Crippen LogP contribution in [-0.4, -0.2) is 50.5 Å². The smallest absolute Gasteiger partial charge is 0.315 e. The molecule has 0 bridgehead atoms. The van der Waals surface area contributed by atoms with Gasteiger partial charge in [-0.25, -0.2) is 4.79 Å². The van der Waals surface area contributed by atoms with Crippen LogP contribution in [0.1, 0.15) is 25.7 Å². The molecule has 0 radical (unpaired) electrons. The van der Waals surface area contributed by atoms with Crippen LogP contribution < -0.4 is 10.6 Å². The highest BCUT2D eigenvalue weighted by molar-refractivity contribution is 8.00. The lowest BCUT2D eigenvalue weighted by Gasteiger charge is -2.16. The number of fused-ring (bicyclic) bond motifs is 1. The van der Waals surface area contributed by atoms with Crippen LogP contribution in [0.15, 0.2) is 0 Å². The van der Waals surface area contributed by atoms with E-state index in [1.54, 1.807) is 0 Å². The van der Waals surface area contributed by atoms with Crippen LogP contribution >= 0.6 is 11.8 Å². The van der Waals surface area contributed by atoms with Crippen molar-refractivity contribution < 1.29 is 25.0 Å². The molecule has 2 heterocycles. The van der Waals surface area contributed by atoms with Crippen LogP contribution in [0.3, 0.4) is 0 Å². The Morgan fingerprint density at radius 2 is 2.10 bits per heavy atom. The molecule has 0 aromatic carbocycles. The molecule has 2 aliphatic heterocycles. The summed E-state index contributed by atoms with van der Waals surface area (Å²) in [7, 11) is 0. The highest BCUT2D eigenvalue weighted by Gasteiger charge is 2.42. The number of carbonyl (C=O) groups is 2. The molecule has 2 amide bonds. The summed E-state index contributed by atoms with van der Waals surface area (Å²) in [5.41, 5.74) is 0. The molecule has 0 aromatic heterocycles. The van der Waals surface area contributed by atoms with E-state index in [-0.39, 0.29) is 24.5 Å². The van der Waals surface area contributed by atoms with Gasteiger partial charge in [-0.15, -0.1) is 10.1 Å². The molecule has 4 N–H and O–H groups in total. The minimum absolute atomic E-state index is 0.0640. The Labute approximate surface area is 119 Å². The summed E-state index contributed by atoms with van der Waals surface area (Å²) in [5, 5.41) is 28.4. The molecule has 114 valence electrons. The second-order valence-corrected chi connectivity index (χ2v) is 5.77. The van der Waals surface area contributed by atoms with Gasteiger partial charge in [0.25, 0.3) is 5.09 Å². The van der Waals surface area contributed by atoms with Crippen LogP contribution in [0, 0.1) is 10.1 Å². The maximum absolute atomic E-state index is 11.1. The van der Waals surface area contributed by atoms with Crippen molar-refractivity contribution in [2.45, 2.75) is 43.0 Å². The monoisotopic (exact) mass is 307 g/mol. The zero-order valence-electron chi connectivity index (χ0n) is 10.7. The van der Waals surface area contributed by atoms with Crippen molar-refractivity contribution in [3.8, 4) is 0 Å². The molecule has 3 atom stereocenters. The lowest BCUT2D eigenvalue weighted by Crippen LogP contribution is -2.36. The van der Waals surface area contributed by atoms with E-state index in [1.807, 2.05) is 11.8 Å². The van der Waals surface area contributed by atoms with E-state index >= 15 is 0 Å². The number of hydrogen-bond donors (Lipinski definition) is 4. The fraction of sp³-hybridized carbons (Fsp3) is 0.800. The molecule has 2 aliphatic rings. The third kappa shape index (κ3) is 5.51. The minimum atomic E-state index is -1.50. The van der Waals surface area contributed by atoms with E-state index in [1.165, 1.54) is 0 Å². The summed E-state index contributed by atoms with van der Waals surface area (Å²) >= 11 is 1.87. The SMILES string of the molecule is O=C(O)CCCC[C@@H]1SC[C@@H]2NC(=O)N[C@@H]21.O=[N+]([O-])O. The van der Waals surface area contributed by atoms with Crippen LogP contribution in [0.25, 0.3) is 0 Å². The van der Waals surface area contributed by atoms with E-state index in [0.717, 1.165) is 25.0 Å². The van der Waals surface area contributed by atoms with Crippen molar-refractivity contribution in [2.75, 3.05) is 5.75 Å². The van der Waals surface area contributed by atoms with Crippen molar-refractivity contribution in [1.29, 1.82) is 0 Å². The Kier molecular flexibility index (Phi) is 6.36. The molecular formula is C10H17N3O6S. The molecular weight excluding hydrogens is 290 g/mol. The lowest BCUT2D eigenvalue weighted by atomic mass is 10.0. The third-order valence-electron chi connectivity index (χ3n) is 3.07. The molecule has 2 rings (SSSR count). The number of aliphatic carboxylic acids is 1. The molecule has 2 fully saturated rings. The van der Waals surface area contributed by atoms with Crippen LogP contribution in [-0.2, 0) is 4.79 Å². The van der Waals surface area contributed by atoms with Gasteiger partial charge in [0.05, 0.1) is 12.1 Å². The van der Waals surface area contributed by atoms with Crippen molar-refractivity contribution in [3.05, 3.63) is 10.1 Å². The first-order chi connectivity index (χ1) is 9.40. The molecule has 0 spiro atoms. The molecule has 2 saturated heterocycles. The zero-order valence-corrected chi connectivity index (χ0v) is 11.5. The van der Waals surface area contributed by atoms with E-state index < -0.39 is 11.1 Å². The normalized spacial score (nSPS) is 26.8. The largest absolute Gasteiger partial charge is 0.481 e. The summed E-state index contributed by atoms with van der Waals surface area (Å²) in [5.74, 6) is 0.236. The Hall–Kier alpha value is -1.71. The fourth-order valence-corrected chi connectivity index (χ4v) is 3.81. The summed E-state index contributed by atoms with van der Waals surface area (Å²) < 4.78 is 0. The quantitative estimate of drug-likeness (QED) is 0.250. The third-order valence-corrected chi connectivity index (χ3v) is 4.58. The number of hydrogen-bond acceptors (Lipinski definition) is 5. The second-order valence-electron chi connectivity index (χ2n) is 4.50. The van der Waals surface area contributed by atoms with Gasteiger partial charge in [0.2, 0.25) is 0 Å². The molecule has 0 aliphatic carbocycles. The number of unbranched alkanes of at least 4 members (excludes halogenated alkanes) is 1. The summed E-state index contributed by atoms with van der Waals surface area (Å²) in [6, 6.07) is 0.440. The molecule has 0 saturated carbocycles. The molecule has 0 aromatic rings. The molecule has 10 heteroatoms. The predicted molar refractivity (Wildman–Crippen MR) is 70.4 cm³/mol.